The lowest BCUT2D eigenvalue weighted by Crippen LogP contribution is -2.40. The highest BCUT2D eigenvalue weighted by atomic mass is 35.5. The normalized spacial score (nSPS) is 19.7. The van der Waals surface area contributed by atoms with Crippen LogP contribution in [0.4, 0.5) is 17.6 Å². The van der Waals surface area contributed by atoms with Crippen molar-refractivity contribution < 1.29 is 22.4 Å². The topological polar surface area (TPSA) is 20.3 Å². The summed E-state index contributed by atoms with van der Waals surface area (Å²) in [7, 11) is 0. The molecular weight excluding hydrogens is 310 g/mol. The third kappa shape index (κ3) is 3.48. The fourth-order valence-electron chi connectivity index (χ4n) is 2.46. The van der Waals surface area contributed by atoms with Gasteiger partial charge < -0.3 is 4.90 Å². The Kier molecular flexibility index (Phi) is 4.76. The van der Waals surface area contributed by atoms with Crippen molar-refractivity contribution in [3.8, 4) is 0 Å². The molecule has 1 saturated heterocycles. The highest BCUT2D eigenvalue weighted by molar-refractivity contribution is 6.18. The van der Waals surface area contributed by atoms with Crippen LogP contribution >= 0.6 is 11.6 Å². The summed E-state index contributed by atoms with van der Waals surface area (Å²) in [5.41, 5.74) is -1.96. The minimum atomic E-state index is -4.82. The molecule has 2 nitrogen and oxygen atoms in total. The summed E-state index contributed by atoms with van der Waals surface area (Å²) in [5.74, 6) is -1.76. The Hall–Kier alpha value is -1.30. The van der Waals surface area contributed by atoms with Gasteiger partial charge in [-0.2, -0.15) is 13.2 Å². The van der Waals surface area contributed by atoms with Crippen LogP contribution in [0.15, 0.2) is 18.2 Å². The monoisotopic (exact) mass is 323 g/mol. The lowest BCUT2D eigenvalue weighted by Gasteiger charge is -2.32. The van der Waals surface area contributed by atoms with Crippen molar-refractivity contribution in [3.63, 3.8) is 0 Å². The summed E-state index contributed by atoms with van der Waals surface area (Å²) in [6, 6.07) is 2.75. The van der Waals surface area contributed by atoms with Gasteiger partial charge in [0.25, 0.3) is 5.91 Å². The van der Waals surface area contributed by atoms with Crippen LogP contribution in [-0.2, 0) is 6.18 Å². The molecule has 7 heteroatoms. The average Bonchev–Trinajstić information content (AvgIpc) is 2.45. The Morgan fingerprint density at radius 1 is 1.38 bits per heavy atom. The van der Waals surface area contributed by atoms with Crippen LogP contribution in [0.25, 0.3) is 0 Å². The van der Waals surface area contributed by atoms with E-state index in [4.69, 9.17) is 11.6 Å². The van der Waals surface area contributed by atoms with E-state index in [0.29, 0.717) is 31.5 Å². The quantitative estimate of drug-likeness (QED) is 0.596. The average molecular weight is 324 g/mol. The summed E-state index contributed by atoms with van der Waals surface area (Å²) in [6.45, 7) is 0.750. The maximum atomic E-state index is 14.0. The second kappa shape index (κ2) is 6.22. The predicted molar refractivity (Wildman–Crippen MR) is 70.7 cm³/mol. The summed E-state index contributed by atoms with van der Waals surface area (Å²) in [5, 5.41) is 0. The number of rotatable bonds is 2. The molecule has 0 aliphatic carbocycles. The van der Waals surface area contributed by atoms with Crippen LogP contribution in [-0.4, -0.2) is 29.8 Å². The number of nitrogens with zero attached hydrogens (tertiary/aromatic N) is 1. The summed E-state index contributed by atoms with van der Waals surface area (Å²) in [4.78, 5) is 13.6. The molecule has 1 atom stereocenters. The Balaban J connectivity index is 2.27. The molecule has 0 saturated carbocycles. The maximum Gasteiger partial charge on any atom is 0.419 e. The number of hydrogen-bond acceptors (Lipinski definition) is 1. The van der Waals surface area contributed by atoms with Crippen LogP contribution in [0, 0.1) is 11.7 Å². The molecule has 0 bridgehead atoms. The minimum Gasteiger partial charge on any atom is -0.338 e. The molecule has 1 amide bonds. The number of piperidine rings is 1. The van der Waals surface area contributed by atoms with E-state index in [1.807, 2.05) is 0 Å². The van der Waals surface area contributed by atoms with Gasteiger partial charge in [-0.15, -0.1) is 11.6 Å². The second-order valence-corrected chi connectivity index (χ2v) is 5.39. The first-order chi connectivity index (χ1) is 9.84. The van der Waals surface area contributed by atoms with Crippen molar-refractivity contribution in [2.75, 3.05) is 19.0 Å². The fraction of sp³-hybridized carbons (Fsp3) is 0.500. The second-order valence-electron chi connectivity index (χ2n) is 5.08. The molecule has 116 valence electrons. The highest BCUT2D eigenvalue weighted by Gasteiger charge is 2.36. The number of amides is 1. The fourth-order valence-corrected chi connectivity index (χ4v) is 2.71. The van der Waals surface area contributed by atoms with Crippen LogP contribution in [0.2, 0.25) is 0 Å². The molecule has 1 heterocycles. The van der Waals surface area contributed by atoms with Crippen molar-refractivity contribution in [2.24, 2.45) is 5.92 Å². The van der Waals surface area contributed by atoms with Gasteiger partial charge in [-0.3, -0.25) is 4.79 Å². The van der Waals surface area contributed by atoms with Gasteiger partial charge >= 0.3 is 6.18 Å². The first kappa shape index (κ1) is 16.1. The molecule has 0 spiro atoms. The molecule has 1 aliphatic rings. The van der Waals surface area contributed by atoms with E-state index in [-0.39, 0.29) is 5.92 Å². The van der Waals surface area contributed by atoms with Gasteiger partial charge in [0.15, 0.2) is 0 Å². The van der Waals surface area contributed by atoms with Gasteiger partial charge in [-0.25, -0.2) is 4.39 Å². The largest absolute Gasteiger partial charge is 0.419 e. The van der Waals surface area contributed by atoms with Crippen molar-refractivity contribution in [2.45, 2.75) is 19.0 Å². The predicted octanol–water partition coefficient (Wildman–Crippen LogP) is 3.94. The van der Waals surface area contributed by atoms with Gasteiger partial charge in [-0.1, -0.05) is 6.07 Å². The molecular formula is C14H14ClF4NO. The summed E-state index contributed by atoms with van der Waals surface area (Å²) in [6.07, 6.45) is -3.25. The molecule has 1 aromatic carbocycles. The molecule has 0 radical (unpaired) electrons. The van der Waals surface area contributed by atoms with E-state index in [1.54, 1.807) is 0 Å². The zero-order chi connectivity index (χ0) is 15.6. The SMILES string of the molecule is O=C(c1cccc(C(F)(F)F)c1F)N1CCCC(CCl)C1. The lowest BCUT2D eigenvalue weighted by atomic mass is 9.99. The van der Waals surface area contributed by atoms with E-state index in [1.165, 1.54) is 4.90 Å². The standard InChI is InChI=1S/C14H14ClF4NO/c15-7-9-3-2-6-20(8-9)13(21)10-4-1-5-11(12(10)16)14(17,18)19/h1,4-5,9H,2-3,6-8H2. The Morgan fingerprint density at radius 3 is 2.71 bits per heavy atom. The maximum absolute atomic E-state index is 14.0. The van der Waals surface area contributed by atoms with Crippen LogP contribution in [0.1, 0.15) is 28.8 Å². The van der Waals surface area contributed by atoms with Crippen molar-refractivity contribution in [1.29, 1.82) is 0 Å². The van der Waals surface area contributed by atoms with E-state index < -0.39 is 29.0 Å². The third-order valence-corrected chi connectivity index (χ3v) is 4.00. The van der Waals surface area contributed by atoms with Gasteiger partial charge in [0.1, 0.15) is 5.82 Å². The molecule has 0 aromatic heterocycles. The van der Waals surface area contributed by atoms with E-state index >= 15 is 0 Å². The van der Waals surface area contributed by atoms with E-state index in [2.05, 4.69) is 0 Å². The first-order valence-electron chi connectivity index (χ1n) is 6.55. The van der Waals surface area contributed by atoms with Crippen LogP contribution < -0.4 is 0 Å². The van der Waals surface area contributed by atoms with E-state index in [0.717, 1.165) is 18.6 Å². The third-order valence-electron chi connectivity index (χ3n) is 3.56. The van der Waals surface area contributed by atoms with Gasteiger partial charge in [0.05, 0.1) is 11.1 Å². The zero-order valence-electron chi connectivity index (χ0n) is 11.1. The molecule has 1 aromatic rings. The van der Waals surface area contributed by atoms with E-state index in [9.17, 15) is 22.4 Å². The minimum absolute atomic E-state index is 0.0956. The number of carbonyl (C=O) groups is 1. The molecule has 21 heavy (non-hydrogen) atoms. The Morgan fingerprint density at radius 2 is 2.10 bits per heavy atom. The summed E-state index contributed by atoms with van der Waals surface area (Å²) >= 11 is 5.75. The smallest absolute Gasteiger partial charge is 0.338 e. The number of alkyl halides is 4. The van der Waals surface area contributed by atoms with Crippen molar-refractivity contribution in [3.05, 3.63) is 35.1 Å². The number of benzene rings is 1. The molecule has 1 aliphatic heterocycles. The van der Waals surface area contributed by atoms with Gasteiger partial charge in [0.2, 0.25) is 0 Å². The number of halogens is 5. The molecule has 2 rings (SSSR count). The van der Waals surface area contributed by atoms with Crippen LogP contribution in [0.5, 0.6) is 0 Å². The molecule has 0 N–H and O–H groups in total. The Labute approximate surface area is 124 Å². The van der Waals surface area contributed by atoms with Crippen molar-refractivity contribution >= 4 is 17.5 Å². The molecule has 1 unspecified atom stereocenters. The zero-order valence-corrected chi connectivity index (χ0v) is 11.8. The number of likely N-dealkylation sites (tertiary alicyclic amines) is 1. The number of hydrogen-bond donors (Lipinski definition) is 0. The number of carbonyl (C=O) groups excluding carboxylic acids is 1. The highest BCUT2D eigenvalue weighted by Crippen LogP contribution is 2.33. The van der Waals surface area contributed by atoms with Crippen molar-refractivity contribution in [1.82, 2.24) is 4.90 Å². The Bertz CT molecular complexity index is 532. The van der Waals surface area contributed by atoms with Crippen LogP contribution in [0.3, 0.4) is 0 Å². The molecule has 1 fully saturated rings. The van der Waals surface area contributed by atoms with Gasteiger partial charge in [-0.05, 0) is 30.9 Å². The summed E-state index contributed by atoms with van der Waals surface area (Å²) < 4.78 is 52.0. The van der Waals surface area contributed by atoms with Gasteiger partial charge in [0, 0.05) is 19.0 Å². The lowest BCUT2D eigenvalue weighted by molar-refractivity contribution is -0.140. The first-order valence-corrected chi connectivity index (χ1v) is 7.09.